The van der Waals surface area contributed by atoms with E-state index in [4.69, 9.17) is 4.42 Å². The van der Waals surface area contributed by atoms with Crippen LogP contribution >= 0.6 is 23.3 Å². The number of aromatic nitrogens is 3. The number of aryl methyl sites for hydroxylation is 1. The van der Waals surface area contributed by atoms with E-state index in [1.54, 1.807) is 23.6 Å². The molecule has 1 N–H and O–H groups in total. The number of amides is 1. The van der Waals surface area contributed by atoms with E-state index < -0.39 is 0 Å². The maximum Gasteiger partial charge on any atom is 0.257 e. The molecule has 1 amide bonds. The van der Waals surface area contributed by atoms with Crippen LogP contribution in [0.1, 0.15) is 12.5 Å². The Morgan fingerprint density at radius 3 is 2.88 bits per heavy atom. The van der Waals surface area contributed by atoms with Crippen LogP contribution in [0.4, 0.5) is 5.82 Å². The minimum Gasteiger partial charge on any atom is -0.423 e. The van der Waals surface area contributed by atoms with Crippen LogP contribution in [0, 0.1) is 6.92 Å². The Hall–Kier alpha value is -2.59. The summed E-state index contributed by atoms with van der Waals surface area (Å²) in [6.07, 6.45) is 3.05. The van der Waals surface area contributed by atoms with Crippen LogP contribution in [-0.4, -0.2) is 32.4 Å². The molecule has 132 valence electrons. The number of thiophene rings is 1. The topological polar surface area (TPSA) is 106 Å². The quantitative estimate of drug-likeness (QED) is 0.680. The van der Waals surface area contributed by atoms with Gasteiger partial charge in [-0.1, -0.05) is 0 Å². The van der Waals surface area contributed by atoms with E-state index in [1.165, 1.54) is 18.3 Å². The highest BCUT2D eigenvalue weighted by Gasteiger charge is 2.30. The normalized spacial score (nSPS) is 19.0. The summed E-state index contributed by atoms with van der Waals surface area (Å²) in [5, 5.41) is 14.1. The maximum absolute atomic E-state index is 12.3. The summed E-state index contributed by atoms with van der Waals surface area (Å²) in [5.41, 5.74) is 2.06. The number of hydrogen-bond donors (Lipinski definition) is 1. The fraction of sp³-hybridized carbons (Fsp3) is 0.250. The highest BCUT2D eigenvalue weighted by molar-refractivity contribution is 7.99. The second-order valence-electron chi connectivity index (χ2n) is 5.75. The van der Waals surface area contributed by atoms with E-state index in [0.717, 1.165) is 20.9 Å². The number of carbonyl (C=O) groups is 1. The second kappa shape index (κ2) is 6.96. The average Bonchev–Trinajstić information content (AvgIpc) is 3.36. The lowest BCUT2D eigenvalue weighted by atomic mass is 10.1. The summed E-state index contributed by atoms with van der Waals surface area (Å²) in [5.74, 6) is 0.865. The zero-order chi connectivity index (χ0) is 18.1. The minimum atomic E-state index is -0.312. The molecule has 3 aromatic rings. The van der Waals surface area contributed by atoms with Crippen molar-refractivity contribution >= 4 is 35.0 Å². The monoisotopic (exact) mass is 386 g/mol. The molecular formula is C16H14N6O2S2. The zero-order valence-electron chi connectivity index (χ0n) is 13.9. The first kappa shape index (κ1) is 16.9. The summed E-state index contributed by atoms with van der Waals surface area (Å²) in [6, 6.07) is 5.60. The van der Waals surface area contributed by atoms with Gasteiger partial charge in [0, 0.05) is 28.6 Å². The van der Waals surface area contributed by atoms with Gasteiger partial charge in [-0.25, -0.2) is 4.98 Å². The Kier molecular flexibility index (Phi) is 4.51. The number of pyridine rings is 1. The van der Waals surface area contributed by atoms with Gasteiger partial charge in [0.2, 0.25) is 12.3 Å². The third-order valence-corrected chi connectivity index (χ3v) is 6.15. The molecule has 8 nitrogen and oxygen atoms in total. The second-order valence-corrected chi connectivity index (χ2v) is 7.69. The van der Waals surface area contributed by atoms with Crippen molar-refractivity contribution in [3.8, 4) is 21.2 Å². The van der Waals surface area contributed by atoms with Crippen molar-refractivity contribution in [1.82, 2.24) is 15.2 Å². The number of hydrogen-bond acceptors (Lipinski definition) is 9. The SMILES string of the molecule is Cc1cc(-c2nnco2)sc1-c1ccc(NC(=O)C2SN=NC2C)nc1. The molecule has 0 aromatic carbocycles. The zero-order valence-corrected chi connectivity index (χ0v) is 15.5. The molecule has 3 aromatic heterocycles. The lowest BCUT2D eigenvalue weighted by molar-refractivity contribution is -0.115. The standard InChI is InChI=1S/C16H14N6O2S2/c1-8-5-11(16-21-18-7-24-16)25-13(8)10-3-4-12(17-6-10)19-15(23)14-9(2)20-22-26-14/h3-7,9,14H,1-2H3,(H,17,19,23). The molecule has 2 unspecified atom stereocenters. The lowest BCUT2D eigenvalue weighted by Gasteiger charge is -2.11. The molecular weight excluding hydrogens is 372 g/mol. The predicted octanol–water partition coefficient (Wildman–Crippen LogP) is 3.98. The first-order chi connectivity index (χ1) is 12.6. The molecule has 0 radical (unpaired) electrons. The Balaban J connectivity index is 1.50. The van der Waals surface area contributed by atoms with Gasteiger partial charge in [0.05, 0.1) is 10.9 Å². The molecule has 0 bridgehead atoms. The fourth-order valence-corrected chi connectivity index (χ4v) is 4.30. The van der Waals surface area contributed by atoms with E-state index in [1.807, 2.05) is 26.0 Å². The number of carbonyl (C=O) groups excluding carboxylic acids is 1. The van der Waals surface area contributed by atoms with Crippen molar-refractivity contribution in [2.45, 2.75) is 25.1 Å². The van der Waals surface area contributed by atoms with Gasteiger partial charge in [-0.3, -0.25) is 4.79 Å². The van der Waals surface area contributed by atoms with Gasteiger partial charge in [-0.2, -0.15) is 5.11 Å². The van der Waals surface area contributed by atoms with Crippen molar-refractivity contribution < 1.29 is 9.21 Å². The highest BCUT2D eigenvalue weighted by atomic mass is 32.2. The Morgan fingerprint density at radius 1 is 1.35 bits per heavy atom. The third kappa shape index (κ3) is 3.25. The van der Waals surface area contributed by atoms with Gasteiger partial charge < -0.3 is 9.73 Å². The van der Waals surface area contributed by atoms with Gasteiger partial charge in [-0.15, -0.1) is 26.1 Å². The van der Waals surface area contributed by atoms with Gasteiger partial charge in [0.1, 0.15) is 11.1 Å². The number of anilines is 1. The summed E-state index contributed by atoms with van der Waals surface area (Å²) in [6.45, 7) is 3.89. The van der Waals surface area contributed by atoms with Crippen molar-refractivity contribution in [3.63, 3.8) is 0 Å². The van der Waals surface area contributed by atoms with Gasteiger partial charge >= 0.3 is 0 Å². The predicted molar refractivity (Wildman–Crippen MR) is 99.9 cm³/mol. The molecule has 4 heterocycles. The molecule has 0 aliphatic carbocycles. The van der Waals surface area contributed by atoms with Gasteiger partial charge in [0.15, 0.2) is 0 Å². The summed E-state index contributed by atoms with van der Waals surface area (Å²) in [4.78, 5) is 18.6. The van der Waals surface area contributed by atoms with Crippen molar-refractivity contribution in [2.75, 3.05) is 5.32 Å². The van der Waals surface area contributed by atoms with Crippen LogP contribution in [0.25, 0.3) is 21.2 Å². The minimum absolute atomic E-state index is 0.129. The van der Waals surface area contributed by atoms with Crippen LogP contribution < -0.4 is 5.32 Å². The molecule has 0 saturated carbocycles. The largest absolute Gasteiger partial charge is 0.423 e. The molecule has 26 heavy (non-hydrogen) atoms. The molecule has 0 fully saturated rings. The summed E-state index contributed by atoms with van der Waals surface area (Å²) in [7, 11) is 0. The van der Waals surface area contributed by atoms with Gasteiger partial charge in [-0.05, 0) is 37.6 Å². The molecule has 0 spiro atoms. The first-order valence-electron chi connectivity index (χ1n) is 7.82. The van der Waals surface area contributed by atoms with E-state index >= 15 is 0 Å². The Bertz CT molecular complexity index is 952. The molecule has 4 rings (SSSR count). The third-order valence-electron chi connectivity index (χ3n) is 3.85. The van der Waals surface area contributed by atoms with E-state index in [0.29, 0.717) is 11.7 Å². The lowest BCUT2D eigenvalue weighted by Crippen LogP contribution is -2.30. The number of rotatable bonds is 4. The van der Waals surface area contributed by atoms with Crippen LogP contribution in [0.5, 0.6) is 0 Å². The van der Waals surface area contributed by atoms with E-state index in [-0.39, 0.29) is 17.2 Å². The highest BCUT2D eigenvalue weighted by Crippen LogP contribution is 2.37. The first-order valence-corrected chi connectivity index (χ1v) is 9.47. The number of nitrogens with zero attached hydrogens (tertiary/aromatic N) is 5. The van der Waals surface area contributed by atoms with Crippen LogP contribution in [0.2, 0.25) is 0 Å². The van der Waals surface area contributed by atoms with Crippen molar-refractivity contribution in [1.29, 1.82) is 0 Å². The fourth-order valence-electron chi connectivity index (χ4n) is 2.52. The molecule has 10 heteroatoms. The Morgan fingerprint density at radius 2 is 2.23 bits per heavy atom. The van der Waals surface area contributed by atoms with Gasteiger partial charge in [0.25, 0.3) is 5.89 Å². The molecule has 1 aliphatic rings. The number of nitrogens with one attached hydrogen (secondary N) is 1. The molecule has 2 atom stereocenters. The summed E-state index contributed by atoms with van der Waals surface area (Å²) < 4.78 is 9.09. The van der Waals surface area contributed by atoms with Crippen LogP contribution in [0.15, 0.2) is 44.8 Å². The molecule has 1 aliphatic heterocycles. The van der Waals surface area contributed by atoms with E-state index in [9.17, 15) is 4.79 Å². The molecule has 0 saturated heterocycles. The van der Waals surface area contributed by atoms with Crippen LogP contribution in [0.3, 0.4) is 0 Å². The van der Waals surface area contributed by atoms with Crippen LogP contribution in [-0.2, 0) is 4.79 Å². The van der Waals surface area contributed by atoms with Crippen molar-refractivity contribution in [2.24, 2.45) is 9.63 Å². The average molecular weight is 386 g/mol. The Labute approximate surface area is 157 Å². The van der Waals surface area contributed by atoms with E-state index in [2.05, 4.69) is 30.1 Å². The smallest absolute Gasteiger partial charge is 0.257 e. The summed E-state index contributed by atoms with van der Waals surface area (Å²) >= 11 is 2.74. The van der Waals surface area contributed by atoms with Crippen molar-refractivity contribution in [3.05, 3.63) is 36.4 Å². The maximum atomic E-state index is 12.3.